The number of rotatable bonds is 6. The topological polar surface area (TPSA) is 80.1 Å². The van der Waals surface area contributed by atoms with Crippen LogP contribution in [-0.2, 0) is 11.3 Å². The third kappa shape index (κ3) is 4.91. The Balaban J connectivity index is 1.43. The Kier molecular flexibility index (Phi) is 5.99. The van der Waals surface area contributed by atoms with E-state index >= 15 is 0 Å². The van der Waals surface area contributed by atoms with Gasteiger partial charge in [-0.3, -0.25) is 9.59 Å². The second kappa shape index (κ2) is 8.60. The molecule has 1 aliphatic heterocycles. The third-order valence-corrected chi connectivity index (χ3v) is 4.66. The van der Waals surface area contributed by atoms with E-state index in [2.05, 4.69) is 22.3 Å². The van der Waals surface area contributed by atoms with E-state index in [-0.39, 0.29) is 11.8 Å². The summed E-state index contributed by atoms with van der Waals surface area (Å²) < 4.78 is 1.72. The molecule has 1 saturated heterocycles. The zero-order chi connectivity index (χ0) is 18.4. The molecule has 2 heterocycles. The minimum absolute atomic E-state index is 0.125. The molecular formula is C19H25N5O2. The summed E-state index contributed by atoms with van der Waals surface area (Å²) in [5.41, 5.74) is 1.63. The van der Waals surface area contributed by atoms with Crippen molar-refractivity contribution in [1.29, 1.82) is 0 Å². The number of likely N-dealkylation sites (tertiary alicyclic amines) is 1. The maximum absolute atomic E-state index is 12.2. The van der Waals surface area contributed by atoms with Crippen LogP contribution in [0.4, 0.5) is 0 Å². The highest BCUT2D eigenvalue weighted by molar-refractivity contribution is 5.94. The van der Waals surface area contributed by atoms with Gasteiger partial charge in [-0.05, 0) is 36.5 Å². The molecule has 1 aromatic heterocycles. The molecular weight excluding hydrogens is 330 g/mol. The molecule has 2 aromatic rings. The predicted molar refractivity (Wildman–Crippen MR) is 97.5 cm³/mol. The quantitative estimate of drug-likeness (QED) is 0.855. The Morgan fingerprint density at radius 3 is 2.77 bits per heavy atom. The van der Waals surface area contributed by atoms with Gasteiger partial charge in [0, 0.05) is 31.6 Å². The number of hydrogen-bond donors (Lipinski definition) is 1. The monoisotopic (exact) mass is 355 g/mol. The molecule has 0 radical (unpaired) electrons. The summed E-state index contributed by atoms with van der Waals surface area (Å²) in [5.74, 6) is 0.537. The van der Waals surface area contributed by atoms with Gasteiger partial charge in [0.2, 0.25) is 5.91 Å². The van der Waals surface area contributed by atoms with E-state index in [0.29, 0.717) is 31.0 Å². The molecule has 1 fully saturated rings. The molecule has 7 nitrogen and oxygen atoms in total. The standard InChI is InChI=1S/C19H25N5O2/c1-15-3-2-10-23(11-15)18(25)8-9-21-19(26)17-6-4-16(5-7-17)12-24-14-20-13-22-24/h4-7,13-15H,2-3,8-12H2,1H3,(H,21,26). The van der Waals surface area contributed by atoms with Gasteiger partial charge < -0.3 is 10.2 Å². The maximum Gasteiger partial charge on any atom is 0.251 e. The zero-order valence-corrected chi connectivity index (χ0v) is 15.1. The third-order valence-electron chi connectivity index (χ3n) is 4.66. The first-order valence-electron chi connectivity index (χ1n) is 9.09. The Labute approximate surface area is 153 Å². The number of nitrogens with one attached hydrogen (secondary N) is 1. The van der Waals surface area contributed by atoms with Crippen LogP contribution >= 0.6 is 0 Å². The predicted octanol–water partition coefficient (Wildman–Crippen LogP) is 1.70. The normalized spacial score (nSPS) is 17.1. The summed E-state index contributed by atoms with van der Waals surface area (Å²) in [6.45, 7) is 4.83. The lowest BCUT2D eigenvalue weighted by Gasteiger charge is -2.31. The van der Waals surface area contributed by atoms with Gasteiger partial charge in [0.05, 0.1) is 6.54 Å². The van der Waals surface area contributed by atoms with Gasteiger partial charge in [-0.25, -0.2) is 9.67 Å². The Morgan fingerprint density at radius 1 is 1.27 bits per heavy atom. The molecule has 1 N–H and O–H groups in total. The summed E-state index contributed by atoms with van der Waals surface area (Å²) in [5, 5.41) is 6.89. The van der Waals surface area contributed by atoms with Gasteiger partial charge in [0.1, 0.15) is 12.7 Å². The highest BCUT2D eigenvalue weighted by Gasteiger charge is 2.20. The number of carbonyl (C=O) groups is 2. The second-order valence-corrected chi connectivity index (χ2v) is 6.88. The van der Waals surface area contributed by atoms with Crippen molar-refractivity contribution in [2.75, 3.05) is 19.6 Å². The van der Waals surface area contributed by atoms with Crippen molar-refractivity contribution in [3.8, 4) is 0 Å². The first-order chi connectivity index (χ1) is 12.6. The molecule has 0 spiro atoms. The lowest BCUT2D eigenvalue weighted by molar-refractivity contribution is -0.132. The average Bonchev–Trinajstić information content (AvgIpc) is 3.15. The van der Waals surface area contributed by atoms with E-state index < -0.39 is 0 Å². The van der Waals surface area contributed by atoms with Crippen molar-refractivity contribution in [2.24, 2.45) is 5.92 Å². The maximum atomic E-state index is 12.2. The number of nitrogens with zero attached hydrogens (tertiary/aromatic N) is 4. The fraction of sp³-hybridized carbons (Fsp3) is 0.474. The Hall–Kier alpha value is -2.70. The summed E-state index contributed by atoms with van der Waals surface area (Å²) in [6.07, 6.45) is 5.75. The van der Waals surface area contributed by atoms with Crippen molar-refractivity contribution in [1.82, 2.24) is 25.0 Å². The largest absolute Gasteiger partial charge is 0.352 e. The summed E-state index contributed by atoms with van der Waals surface area (Å²) >= 11 is 0. The minimum Gasteiger partial charge on any atom is -0.352 e. The van der Waals surface area contributed by atoms with Crippen LogP contribution in [0.5, 0.6) is 0 Å². The number of amides is 2. The van der Waals surface area contributed by atoms with Crippen LogP contribution in [0.3, 0.4) is 0 Å². The molecule has 0 saturated carbocycles. The molecule has 1 aliphatic rings. The molecule has 26 heavy (non-hydrogen) atoms. The summed E-state index contributed by atoms with van der Waals surface area (Å²) in [7, 11) is 0. The van der Waals surface area contributed by atoms with Crippen LogP contribution in [0, 0.1) is 5.92 Å². The van der Waals surface area contributed by atoms with Crippen molar-refractivity contribution in [3.63, 3.8) is 0 Å². The number of aromatic nitrogens is 3. The van der Waals surface area contributed by atoms with E-state index in [0.717, 1.165) is 25.1 Å². The van der Waals surface area contributed by atoms with Gasteiger partial charge in [0.25, 0.3) is 5.91 Å². The van der Waals surface area contributed by atoms with Crippen LogP contribution in [0.2, 0.25) is 0 Å². The minimum atomic E-state index is -0.155. The Morgan fingerprint density at radius 2 is 2.08 bits per heavy atom. The lowest BCUT2D eigenvalue weighted by atomic mass is 10.00. The van der Waals surface area contributed by atoms with E-state index in [9.17, 15) is 9.59 Å². The van der Waals surface area contributed by atoms with E-state index in [4.69, 9.17) is 0 Å². The van der Waals surface area contributed by atoms with E-state index in [1.807, 2.05) is 17.0 Å². The van der Waals surface area contributed by atoms with Gasteiger partial charge in [-0.1, -0.05) is 19.1 Å². The van der Waals surface area contributed by atoms with Crippen LogP contribution in [0.15, 0.2) is 36.9 Å². The van der Waals surface area contributed by atoms with Crippen molar-refractivity contribution in [2.45, 2.75) is 32.7 Å². The van der Waals surface area contributed by atoms with Crippen LogP contribution < -0.4 is 5.32 Å². The van der Waals surface area contributed by atoms with Crippen molar-refractivity contribution >= 4 is 11.8 Å². The number of hydrogen-bond acceptors (Lipinski definition) is 4. The number of benzene rings is 1. The zero-order valence-electron chi connectivity index (χ0n) is 15.1. The number of piperidine rings is 1. The van der Waals surface area contributed by atoms with Crippen molar-refractivity contribution < 1.29 is 9.59 Å². The van der Waals surface area contributed by atoms with Gasteiger partial charge >= 0.3 is 0 Å². The molecule has 0 bridgehead atoms. The first-order valence-corrected chi connectivity index (χ1v) is 9.09. The molecule has 1 aromatic carbocycles. The van der Waals surface area contributed by atoms with E-state index in [1.54, 1.807) is 23.1 Å². The summed E-state index contributed by atoms with van der Waals surface area (Å²) in [4.78, 5) is 30.3. The van der Waals surface area contributed by atoms with Crippen LogP contribution in [0.25, 0.3) is 0 Å². The highest BCUT2D eigenvalue weighted by atomic mass is 16.2. The fourth-order valence-corrected chi connectivity index (χ4v) is 3.22. The SMILES string of the molecule is CC1CCCN(C(=O)CCNC(=O)c2ccc(Cn3cncn3)cc2)C1. The van der Waals surface area contributed by atoms with Gasteiger partial charge in [0.15, 0.2) is 0 Å². The number of carbonyl (C=O) groups excluding carboxylic acids is 2. The highest BCUT2D eigenvalue weighted by Crippen LogP contribution is 2.16. The molecule has 3 rings (SSSR count). The molecule has 1 atom stereocenters. The van der Waals surface area contributed by atoms with Crippen molar-refractivity contribution in [3.05, 3.63) is 48.0 Å². The van der Waals surface area contributed by atoms with Gasteiger partial charge in [-0.2, -0.15) is 5.10 Å². The summed E-state index contributed by atoms with van der Waals surface area (Å²) in [6, 6.07) is 7.37. The second-order valence-electron chi connectivity index (χ2n) is 6.88. The molecule has 1 unspecified atom stereocenters. The molecule has 0 aliphatic carbocycles. The molecule has 7 heteroatoms. The first kappa shape index (κ1) is 18.1. The lowest BCUT2D eigenvalue weighted by Crippen LogP contribution is -2.40. The fourth-order valence-electron chi connectivity index (χ4n) is 3.22. The molecule has 2 amide bonds. The Bertz CT molecular complexity index is 727. The van der Waals surface area contributed by atoms with Crippen LogP contribution in [0.1, 0.15) is 42.1 Å². The average molecular weight is 355 g/mol. The molecule has 138 valence electrons. The van der Waals surface area contributed by atoms with Gasteiger partial charge in [-0.15, -0.1) is 0 Å². The smallest absolute Gasteiger partial charge is 0.251 e. The van der Waals surface area contributed by atoms with E-state index in [1.165, 1.54) is 12.7 Å². The van der Waals surface area contributed by atoms with Crippen LogP contribution in [-0.4, -0.2) is 51.1 Å².